The molecule has 1 aromatic rings. The second-order valence-corrected chi connectivity index (χ2v) is 7.08. The van der Waals surface area contributed by atoms with Crippen LogP contribution in [-0.2, 0) is 6.42 Å². The summed E-state index contributed by atoms with van der Waals surface area (Å²) in [4.78, 5) is 8.70. The molecule has 1 aromatic heterocycles. The van der Waals surface area contributed by atoms with Crippen LogP contribution < -0.4 is 10.5 Å². The molecule has 0 saturated heterocycles. The van der Waals surface area contributed by atoms with E-state index in [1.54, 1.807) is 0 Å². The average Bonchev–Trinajstić information content (AvgIpc) is 2.39. The lowest BCUT2D eigenvalue weighted by Gasteiger charge is -2.56. The zero-order valence-electron chi connectivity index (χ0n) is 11.9. The van der Waals surface area contributed by atoms with Crippen molar-refractivity contribution in [2.24, 2.45) is 23.5 Å². The summed E-state index contributed by atoms with van der Waals surface area (Å²) in [5, 5.41) is 0. The first-order valence-electron chi connectivity index (χ1n) is 7.95. The van der Waals surface area contributed by atoms with Gasteiger partial charge in [0.15, 0.2) is 5.75 Å². The fourth-order valence-electron chi connectivity index (χ4n) is 5.06. The van der Waals surface area contributed by atoms with Crippen LogP contribution in [0.5, 0.6) is 5.75 Å². The molecule has 0 spiro atoms. The molecule has 0 aliphatic heterocycles. The van der Waals surface area contributed by atoms with Crippen LogP contribution in [-0.4, -0.2) is 22.1 Å². The molecule has 4 heteroatoms. The molecule has 0 amide bonds. The lowest BCUT2D eigenvalue weighted by molar-refractivity contribution is -0.108. The summed E-state index contributed by atoms with van der Waals surface area (Å²) in [6.07, 6.45) is 12.4. The Balaban J connectivity index is 1.50. The number of nitrogens with two attached hydrogens (primary N) is 1. The van der Waals surface area contributed by atoms with E-state index in [-0.39, 0.29) is 5.60 Å². The highest BCUT2D eigenvalue weighted by Gasteiger charge is 2.52. The Morgan fingerprint density at radius 3 is 2.10 bits per heavy atom. The number of hydrogen-bond donors (Lipinski definition) is 1. The SMILES string of the molecule is NCCc1ncc(OC23CC4CC(CC(C4)C2)C3)cn1. The highest BCUT2D eigenvalue weighted by molar-refractivity contribution is 5.16. The molecule has 0 atom stereocenters. The van der Waals surface area contributed by atoms with E-state index in [9.17, 15) is 0 Å². The molecule has 0 unspecified atom stereocenters. The summed E-state index contributed by atoms with van der Waals surface area (Å²) in [6.45, 7) is 0.592. The van der Waals surface area contributed by atoms with Crippen molar-refractivity contribution in [1.29, 1.82) is 0 Å². The van der Waals surface area contributed by atoms with Crippen LogP contribution in [0.1, 0.15) is 44.3 Å². The zero-order valence-corrected chi connectivity index (χ0v) is 11.9. The van der Waals surface area contributed by atoms with Crippen LogP contribution in [0.3, 0.4) is 0 Å². The molecule has 0 radical (unpaired) electrons. The molecule has 4 fully saturated rings. The molecule has 4 bridgehead atoms. The van der Waals surface area contributed by atoms with Gasteiger partial charge >= 0.3 is 0 Å². The van der Waals surface area contributed by atoms with Crippen molar-refractivity contribution in [1.82, 2.24) is 9.97 Å². The lowest BCUT2D eigenvalue weighted by Crippen LogP contribution is -2.53. The van der Waals surface area contributed by atoms with Crippen molar-refractivity contribution in [3.8, 4) is 5.75 Å². The Kier molecular flexibility index (Phi) is 2.95. The van der Waals surface area contributed by atoms with Gasteiger partial charge in [-0.3, -0.25) is 0 Å². The molecule has 4 aliphatic carbocycles. The molecule has 20 heavy (non-hydrogen) atoms. The largest absolute Gasteiger partial charge is 0.484 e. The van der Waals surface area contributed by atoms with Gasteiger partial charge in [-0.05, 0) is 62.8 Å². The predicted octanol–water partition coefficient (Wildman–Crippen LogP) is 2.33. The molecule has 1 heterocycles. The summed E-state index contributed by atoms with van der Waals surface area (Å²) < 4.78 is 6.39. The molecule has 4 saturated carbocycles. The summed E-state index contributed by atoms with van der Waals surface area (Å²) in [5.74, 6) is 4.36. The first kappa shape index (κ1) is 12.6. The third-order valence-electron chi connectivity index (χ3n) is 5.37. The van der Waals surface area contributed by atoms with Crippen molar-refractivity contribution in [2.75, 3.05) is 6.54 Å². The summed E-state index contributed by atoms with van der Waals surface area (Å²) in [6, 6.07) is 0. The normalized spacial score (nSPS) is 38.1. The minimum absolute atomic E-state index is 0.0908. The highest BCUT2D eigenvalue weighted by Crippen LogP contribution is 2.56. The van der Waals surface area contributed by atoms with Gasteiger partial charge in [-0.15, -0.1) is 0 Å². The van der Waals surface area contributed by atoms with Gasteiger partial charge in [0.1, 0.15) is 11.4 Å². The van der Waals surface area contributed by atoms with E-state index in [0.717, 1.165) is 35.7 Å². The number of aromatic nitrogens is 2. The average molecular weight is 273 g/mol. The monoisotopic (exact) mass is 273 g/mol. The van der Waals surface area contributed by atoms with E-state index in [1.807, 2.05) is 12.4 Å². The predicted molar refractivity (Wildman–Crippen MR) is 76.3 cm³/mol. The van der Waals surface area contributed by atoms with Crippen LogP contribution in [0.25, 0.3) is 0 Å². The first-order valence-corrected chi connectivity index (χ1v) is 7.95. The van der Waals surface area contributed by atoms with Crippen LogP contribution >= 0.6 is 0 Å². The molecular formula is C16H23N3O. The van der Waals surface area contributed by atoms with Gasteiger partial charge < -0.3 is 10.5 Å². The minimum atomic E-state index is 0.0908. The van der Waals surface area contributed by atoms with Crippen LogP contribution in [0.4, 0.5) is 0 Å². The van der Waals surface area contributed by atoms with Gasteiger partial charge in [0.25, 0.3) is 0 Å². The third-order valence-corrected chi connectivity index (χ3v) is 5.37. The molecular weight excluding hydrogens is 250 g/mol. The second kappa shape index (κ2) is 4.69. The standard InChI is InChI=1S/C16H23N3O/c17-2-1-15-18-9-14(10-19-15)20-16-6-11-3-12(7-16)5-13(4-11)8-16/h9-13H,1-8,17H2. The molecule has 0 aromatic carbocycles. The minimum Gasteiger partial charge on any atom is -0.484 e. The molecule has 4 aliphatic rings. The van der Waals surface area contributed by atoms with Crippen molar-refractivity contribution in [2.45, 2.75) is 50.5 Å². The summed E-state index contributed by atoms with van der Waals surface area (Å²) in [7, 11) is 0. The Morgan fingerprint density at radius 1 is 1.05 bits per heavy atom. The van der Waals surface area contributed by atoms with Gasteiger partial charge in [0.05, 0.1) is 12.4 Å². The maximum absolute atomic E-state index is 6.39. The zero-order chi connectivity index (χ0) is 13.6. The summed E-state index contributed by atoms with van der Waals surface area (Å²) >= 11 is 0. The highest BCUT2D eigenvalue weighted by atomic mass is 16.5. The van der Waals surface area contributed by atoms with E-state index in [2.05, 4.69) is 9.97 Å². The number of nitrogens with zero attached hydrogens (tertiary/aromatic N) is 2. The van der Waals surface area contributed by atoms with Crippen LogP contribution in [0, 0.1) is 17.8 Å². The van der Waals surface area contributed by atoms with Gasteiger partial charge in [-0.2, -0.15) is 0 Å². The van der Waals surface area contributed by atoms with E-state index < -0.39 is 0 Å². The Morgan fingerprint density at radius 2 is 1.60 bits per heavy atom. The molecule has 5 rings (SSSR count). The molecule has 2 N–H and O–H groups in total. The van der Waals surface area contributed by atoms with Gasteiger partial charge in [-0.25, -0.2) is 9.97 Å². The number of ether oxygens (including phenoxy) is 1. The van der Waals surface area contributed by atoms with Crippen LogP contribution in [0.2, 0.25) is 0 Å². The maximum atomic E-state index is 6.39. The Bertz CT molecular complexity index is 450. The van der Waals surface area contributed by atoms with Crippen molar-refractivity contribution in [3.05, 3.63) is 18.2 Å². The van der Waals surface area contributed by atoms with E-state index >= 15 is 0 Å². The smallest absolute Gasteiger partial charge is 0.156 e. The quantitative estimate of drug-likeness (QED) is 0.914. The van der Waals surface area contributed by atoms with Gasteiger partial charge in [-0.1, -0.05) is 0 Å². The van der Waals surface area contributed by atoms with E-state index in [4.69, 9.17) is 10.5 Å². The van der Waals surface area contributed by atoms with Crippen molar-refractivity contribution in [3.63, 3.8) is 0 Å². The number of rotatable bonds is 4. The molecule has 4 nitrogen and oxygen atoms in total. The van der Waals surface area contributed by atoms with E-state index in [0.29, 0.717) is 6.54 Å². The second-order valence-electron chi connectivity index (χ2n) is 7.08. The van der Waals surface area contributed by atoms with Gasteiger partial charge in [0, 0.05) is 6.42 Å². The van der Waals surface area contributed by atoms with Crippen molar-refractivity contribution >= 4 is 0 Å². The van der Waals surface area contributed by atoms with Crippen LogP contribution in [0.15, 0.2) is 12.4 Å². The van der Waals surface area contributed by atoms with Crippen molar-refractivity contribution < 1.29 is 4.74 Å². The topological polar surface area (TPSA) is 61.0 Å². The lowest BCUT2D eigenvalue weighted by atomic mass is 9.54. The maximum Gasteiger partial charge on any atom is 0.156 e. The number of hydrogen-bond acceptors (Lipinski definition) is 4. The fourth-order valence-corrected chi connectivity index (χ4v) is 5.06. The molecule has 108 valence electrons. The van der Waals surface area contributed by atoms with Gasteiger partial charge in [0.2, 0.25) is 0 Å². The van der Waals surface area contributed by atoms with E-state index in [1.165, 1.54) is 38.5 Å². The fraction of sp³-hybridized carbons (Fsp3) is 0.750. The first-order chi connectivity index (χ1) is 9.75. The Labute approximate surface area is 120 Å². The Hall–Kier alpha value is -1.16. The summed E-state index contributed by atoms with van der Waals surface area (Å²) in [5.41, 5.74) is 5.61. The third kappa shape index (κ3) is 2.20.